The van der Waals surface area contributed by atoms with Crippen LogP contribution in [0.4, 0.5) is 41.1 Å². The van der Waals surface area contributed by atoms with Gasteiger partial charge in [0.25, 0.3) is 0 Å². The van der Waals surface area contributed by atoms with Gasteiger partial charge in [-0.05, 0) is 38.1 Å². The van der Waals surface area contributed by atoms with Crippen LogP contribution in [-0.2, 0) is 22.3 Å². The Bertz CT molecular complexity index is 1090. The molecule has 3 heterocycles. The minimum absolute atomic E-state index is 0.0322. The molecule has 13 heteroatoms. The van der Waals surface area contributed by atoms with Gasteiger partial charge in [0.1, 0.15) is 11.4 Å². The SMILES string of the molecule is COCc1cc(N2CCN(C)CC2)ccc1Nc1ncc(C(F)(F)F)c(NCCCN2CCCOC2=O)n1. The number of alkyl halides is 3. The molecule has 0 bridgehead atoms. The van der Waals surface area contributed by atoms with Crippen LogP contribution in [0.5, 0.6) is 0 Å². The number of anilines is 4. The number of carbonyl (C=O) groups excluding carboxylic acids is 1. The summed E-state index contributed by atoms with van der Waals surface area (Å²) in [5.41, 5.74) is 1.60. The Kier molecular flexibility index (Phi) is 9.10. The molecule has 208 valence electrons. The fraction of sp³-hybridized carbons (Fsp3) is 0.560. The number of methoxy groups -OCH3 is 1. The monoisotopic (exact) mass is 537 g/mol. The van der Waals surface area contributed by atoms with Crippen molar-refractivity contribution in [1.82, 2.24) is 19.8 Å². The van der Waals surface area contributed by atoms with Gasteiger partial charge in [-0.1, -0.05) is 0 Å². The van der Waals surface area contributed by atoms with E-state index in [1.54, 1.807) is 12.0 Å². The van der Waals surface area contributed by atoms with Crippen LogP contribution >= 0.6 is 0 Å². The number of likely N-dealkylation sites (N-methyl/N-ethyl adjacent to an activating group) is 1. The van der Waals surface area contributed by atoms with Crippen molar-refractivity contribution in [2.45, 2.75) is 25.6 Å². The highest BCUT2D eigenvalue weighted by molar-refractivity contribution is 5.68. The summed E-state index contributed by atoms with van der Waals surface area (Å²) in [7, 11) is 3.69. The average Bonchev–Trinajstić information content (AvgIpc) is 2.89. The van der Waals surface area contributed by atoms with E-state index in [1.807, 2.05) is 18.2 Å². The van der Waals surface area contributed by atoms with Gasteiger partial charge in [0.15, 0.2) is 0 Å². The minimum Gasteiger partial charge on any atom is -0.449 e. The number of hydrogen-bond donors (Lipinski definition) is 2. The van der Waals surface area contributed by atoms with E-state index in [0.29, 0.717) is 38.4 Å². The quantitative estimate of drug-likeness (QED) is 0.439. The van der Waals surface area contributed by atoms with Crippen LogP contribution in [0, 0.1) is 0 Å². The molecule has 0 saturated carbocycles. The van der Waals surface area contributed by atoms with Crippen LogP contribution < -0.4 is 15.5 Å². The van der Waals surface area contributed by atoms with Crippen molar-refractivity contribution >= 4 is 29.2 Å². The number of hydrogen-bond acceptors (Lipinski definition) is 9. The number of nitrogens with zero attached hydrogens (tertiary/aromatic N) is 5. The van der Waals surface area contributed by atoms with Gasteiger partial charge in [-0.2, -0.15) is 18.2 Å². The van der Waals surface area contributed by atoms with Gasteiger partial charge >= 0.3 is 12.3 Å². The van der Waals surface area contributed by atoms with Crippen LogP contribution in [0.3, 0.4) is 0 Å². The van der Waals surface area contributed by atoms with Crippen LogP contribution in [0.2, 0.25) is 0 Å². The van der Waals surface area contributed by atoms with Crippen molar-refractivity contribution in [3.05, 3.63) is 35.5 Å². The number of rotatable bonds is 10. The Morgan fingerprint density at radius 3 is 2.66 bits per heavy atom. The Morgan fingerprint density at radius 2 is 1.95 bits per heavy atom. The second-order valence-corrected chi connectivity index (χ2v) is 9.38. The van der Waals surface area contributed by atoms with Crippen LogP contribution in [0.15, 0.2) is 24.4 Å². The Morgan fingerprint density at radius 1 is 1.16 bits per heavy atom. The molecule has 2 aliphatic heterocycles. The maximum Gasteiger partial charge on any atom is 0.421 e. The summed E-state index contributed by atoms with van der Waals surface area (Å²) < 4.78 is 51.3. The second-order valence-electron chi connectivity index (χ2n) is 9.38. The smallest absolute Gasteiger partial charge is 0.421 e. The standard InChI is InChI=1S/C25H34F3N7O3/c1-33-10-12-34(13-11-33)19-5-6-21(18(15-19)17-37-2)31-23-30-16-20(25(26,27)28)22(32-23)29-7-3-8-35-9-4-14-38-24(35)36/h5-6,15-16H,3-4,7-14,17H2,1-2H3,(H2,29,30,31,32). The first-order chi connectivity index (χ1) is 18.2. The number of piperazine rings is 1. The van der Waals surface area contributed by atoms with Gasteiger partial charge in [-0.25, -0.2) is 9.78 Å². The molecule has 0 aliphatic carbocycles. The number of carbonyl (C=O) groups is 1. The first-order valence-electron chi connectivity index (χ1n) is 12.7. The zero-order valence-corrected chi connectivity index (χ0v) is 21.7. The molecule has 1 amide bonds. The fourth-order valence-electron chi connectivity index (χ4n) is 4.42. The number of aromatic nitrogens is 2. The molecule has 2 saturated heterocycles. The lowest BCUT2D eigenvalue weighted by Crippen LogP contribution is -2.44. The van der Waals surface area contributed by atoms with Gasteiger partial charge in [0, 0.05) is 76.1 Å². The van der Waals surface area contributed by atoms with Crippen molar-refractivity contribution < 1.29 is 27.4 Å². The molecular formula is C25H34F3N7O3. The van der Waals surface area contributed by atoms with Crippen molar-refractivity contribution in [3.8, 4) is 0 Å². The number of nitrogens with one attached hydrogen (secondary N) is 2. The third kappa shape index (κ3) is 7.16. The van der Waals surface area contributed by atoms with E-state index in [9.17, 15) is 18.0 Å². The molecule has 1 aromatic heterocycles. The summed E-state index contributed by atoms with van der Waals surface area (Å²) in [5, 5.41) is 5.83. The largest absolute Gasteiger partial charge is 0.449 e. The lowest BCUT2D eigenvalue weighted by atomic mass is 10.1. The normalized spacial score (nSPS) is 16.9. The Labute approximate surface area is 220 Å². The zero-order chi connectivity index (χ0) is 27.1. The molecule has 2 N–H and O–H groups in total. The third-order valence-electron chi connectivity index (χ3n) is 6.55. The van der Waals surface area contributed by atoms with Gasteiger partial charge in [0.05, 0.1) is 13.2 Å². The molecule has 10 nitrogen and oxygen atoms in total. The van der Waals surface area contributed by atoms with E-state index in [2.05, 4.69) is 37.4 Å². The number of cyclic esters (lactones) is 1. The van der Waals surface area contributed by atoms with Crippen LogP contribution in [0.1, 0.15) is 24.0 Å². The predicted octanol–water partition coefficient (Wildman–Crippen LogP) is 3.78. The molecule has 0 atom stereocenters. The molecule has 1 aromatic carbocycles. The second kappa shape index (κ2) is 12.5. The highest BCUT2D eigenvalue weighted by Gasteiger charge is 2.35. The van der Waals surface area contributed by atoms with E-state index < -0.39 is 17.8 Å². The fourth-order valence-corrected chi connectivity index (χ4v) is 4.42. The lowest BCUT2D eigenvalue weighted by Gasteiger charge is -2.34. The highest BCUT2D eigenvalue weighted by atomic mass is 19.4. The van der Waals surface area contributed by atoms with Crippen molar-refractivity contribution in [2.24, 2.45) is 0 Å². The summed E-state index contributed by atoms with van der Waals surface area (Å²) >= 11 is 0. The number of ether oxygens (including phenoxy) is 2. The summed E-state index contributed by atoms with van der Waals surface area (Å²) in [6, 6.07) is 5.86. The first kappa shape index (κ1) is 27.7. The Hall–Kier alpha value is -3.32. The van der Waals surface area contributed by atoms with Crippen molar-refractivity contribution in [3.63, 3.8) is 0 Å². The van der Waals surface area contributed by atoms with E-state index in [1.165, 1.54) is 0 Å². The molecule has 0 unspecified atom stereocenters. The molecule has 38 heavy (non-hydrogen) atoms. The van der Waals surface area contributed by atoms with Gasteiger partial charge in [-0.15, -0.1) is 0 Å². The van der Waals surface area contributed by atoms with Gasteiger partial charge < -0.3 is 34.8 Å². The van der Waals surface area contributed by atoms with Crippen LogP contribution in [-0.4, -0.2) is 92.4 Å². The van der Waals surface area contributed by atoms with Gasteiger partial charge in [-0.3, -0.25) is 0 Å². The number of benzene rings is 1. The minimum atomic E-state index is -4.62. The number of amides is 1. The van der Waals surface area contributed by atoms with Crippen molar-refractivity contribution in [1.29, 1.82) is 0 Å². The first-order valence-corrected chi connectivity index (χ1v) is 12.7. The van der Waals surface area contributed by atoms with Crippen molar-refractivity contribution in [2.75, 3.05) is 82.1 Å². The summed E-state index contributed by atoms with van der Waals surface area (Å²) in [6.07, 6.45) is -3.08. The third-order valence-corrected chi connectivity index (χ3v) is 6.55. The number of halogens is 3. The highest BCUT2D eigenvalue weighted by Crippen LogP contribution is 2.34. The topological polar surface area (TPSA) is 95.1 Å². The zero-order valence-electron chi connectivity index (χ0n) is 21.7. The molecule has 0 radical (unpaired) electrons. The summed E-state index contributed by atoms with van der Waals surface area (Å²) in [4.78, 5) is 25.9. The molecule has 2 aliphatic rings. The van der Waals surface area contributed by atoms with Crippen LogP contribution in [0.25, 0.3) is 0 Å². The lowest BCUT2D eigenvalue weighted by molar-refractivity contribution is -0.137. The summed E-state index contributed by atoms with van der Waals surface area (Å²) in [6.45, 7) is 5.61. The maximum atomic E-state index is 13.6. The molecule has 2 fully saturated rings. The molecule has 0 spiro atoms. The van der Waals surface area contributed by atoms with Gasteiger partial charge in [0.2, 0.25) is 5.95 Å². The predicted molar refractivity (Wildman–Crippen MR) is 138 cm³/mol. The average molecular weight is 538 g/mol. The summed E-state index contributed by atoms with van der Waals surface area (Å²) in [5.74, 6) is -0.289. The maximum absolute atomic E-state index is 13.6. The molecular weight excluding hydrogens is 503 g/mol. The van der Waals surface area contributed by atoms with E-state index >= 15 is 0 Å². The van der Waals surface area contributed by atoms with E-state index in [0.717, 1.165) is 50.0 Å². The molecule has 2 aromatic rings. The van der Waals surface area contributed by atoms with E-state index in [4.69, 9.17) is 9.47 Å². The Balaban J connectivity index is 1.47. The van der Waals surface area contributed by atoms with E-state index in [-0.39, 0.29) is 18.3 Å². The molecule has 4 rings (SSSR count).